The van der Waals surface area contributed by atoms with Crippen LogP contribution in [0.3, 0.4) is 0 Å². The van der Waals surface area contributed by atoms with Crippen LogP contribution in [0.5, 0.6) is 0 Å². The average molecular weight is 284 g/mol. The van der Waals surface area contributed by atoms with Crippen molar-refractivity contribution >= 4 is 17.5 Å². The number of nitrogens with zero attached hydrogens (tertiary/aromatic N) is 2. The molecule has 0 spiro atoms. The second-order valence-electron chi connectivity index (χ2n) is 5.17. The molecule has 21 heavy (non-hydrogen) atoms. The lowest BCUT2D eigenvalue weighted by molar-refractivity contribution is 0.830. The first-order valence-corrected chi connectivity index (χ1v) is 7.66. The van der Waals surface area contributed by atoms with Gasteiger partial charge in [-0.3, -0.25) is 0 Å². The standard InChI is InChI=1S/C17H24N4/c1-4-6-11-18-16-12-13(3)19-17(21-16)20-15-9-7-14(5-2)8-10-15/h7-10,12H,4-6,11H2,1-3H3,(H2,18,19,20,21). The quantitative estimate of drug-likeness (QED) is 0.744. The van der Waals surface area contributed by atoms with Crippen molar-refractivity contribution in [1.82, 2.24) is 9.97 Å². The molecule has 2 N–H and O–H groups in total. The molecule has 0 saturated heterocycles. The second-order valence-corrected chi connectivity index (χ2v) is 5.17. The number of hydrogen-bond acceptors (Lipinski definition) is 4. The van der Waals surface area contributed by atoms with Crippen molar-refractivity contribution in [3.8, 4) is 0 Å². The Morgan fingerprint density at radius 2 is 1.81 bits per heavy atom. The molecular formula is C17H24N4. The van der Waals surface area contributed by atoms with Gasteiger partial charge < -0.3 is 10.6 Å². The molecule has 0 atom stereocenters. The molecule has 1 aromatic heterocycles. The van der Waals surface area contributed by atoms with E-state index in [0.29, 0.717) is 5.95 Å². The Bertz CT molecular complexity index is 564. The van der Waals surface area contributed by atoms with Crippen molar-refractivity contribution in [3.63, 3.8) is 0 Å². The molecule has 4 heteroatoms. The van der Waals surface area contributed by atoms with Crippen LogP contribution in [-0.2, 0) is 6.42 Å². The molecule has 0 unspecified atom stereocenters. The van der Waals surface area contributed by atoms with Gasteiger partial charge in [-0.05, 0) is 37.5 Å². The molecule has 1 heterocycles. The molecule has 1 aromatic carbocycles. The summed E-state index contributed by atoms with van der Waals surface area (Å²) in [4.78, 5) is 8.95. The number of benzene rings is 1. The van der Waals surface area contributed by atoms with E-state index >= 15 is 0 Å². The average Bonchev–Trinajstić information content (AvgIpc) is 2.48. The molecule has 0 amide bonds. The van der Waals surface area contributed by atoms with Gasteiger partial charge in [-0.15, -0.1) is 0 Å². The van der Waals surface area contributed by atoms with E-state index in [4.69, 9.17) is 0 Å². The summed E-state index contributed by atoms with van der Waals surface area (Å²) in [5.41, 5.74) is 3.29. The number of hydrogen-bond donors (Lipinski definition) is 2. The topological polar surface area (TPSA) is 49.8 Å². The van der Waals surface area contributed by atoms with Gasteiger partial charge in [0.2, 0.25) is 5.95 Å². The predicted octanol–water partition coefficient (Wildman–Crippen LogP) is 4.30. The molecule has 0 fully saturated rings. The number of unbranched alkanes of at least 4 members (excludes halogenated alkanes) is 1. The van der Waals surface area contributed by atoms with Gasteiger partial charge in [0.15, 0.2) is 0 Å². The zero-order chi connectivity index (χ0) is 15.1. The molecule has 2 aromatic rings. The third kappa shape index (κ3) is 4.74. The van der Waals surface area contributed by atoms with Gasteiger partial charge in [0.05, 0.1) is 0 Å². The van der Waals surface area contributed by atoms with E-state index in [0.717, 1.165) is 36.6 Å². The minimum absolute atomic E-state index is 0.637. The number of nitrogens with one attached hydrogen (secondary N) is 2. The highest BCUT2D eigenvalue weighted by Crippen LogP contribution is 2.16. The normalized spacial score (nSPS) is 10.4. The van der Waals surface area contributed by atoms with Crippen molar-refractivity contribution in [3.05, 3.63) is 41.6 Å². The largest absolute Gasteiger partial charge is 0.370 e. The fourth-order valence-corrected chi connectivity index (χ4v) is 2.06. The molecule has 0 radical (unpaired) electrons. The molecule has 0 saturated carbocycles. The van der Waals surface area contributed by atoms with Crippen LogP contribution >= 0.6 is 0 Å². The zero-order valence-electron chi connectivity index (χ0n) is 13.1. The molecule has 0 aliphatic heterocycles. The fraction of sp³-hybridized carbons (Fsp3) is 0.412. The van der Waals surface area contributed by atoms with E-state index in [1.165, 1.54) is 12.0 Å². The lowest BCUT2D eigenvalue weighted by Gasteiger charge is -2.10. The lowest BCUT2D eigenvalue weighted by Crippen LogP contribution is -2.06. The van der Waals surface area contributed by atoms with E-state index in [-0.39, 0.29) is 0 Å². The van der Waals surface area contributed by atoms with Gasteiger partial charge in [-0.25, -0.2) is 4.98 Å². The van der Waals surface area contributed by atoms with Crippen LogP contribution in [0.15, 0.2) is 30.3 Å². The van der Waals surface area contributed by atoms with Crippen LogP contribution in [0.4, 0.5) is 17.5 Å². The van der Waals surface area contributed by atoms with Gasteiger partial charge >= 0.3 is 0 Å². The molecule has 112 valence electrons. The third-order valence-electron chi connectivity index (χ3n) is 3.31. The van der Waals surface area contributed by atoms with Crippen LogP contribution < -0.4 is 10.6 Å². The first-order valence-electron chi connectivity index (χ1n) is 7.66. The second kappa shape index (κ2) is 7.62. The minimum atomic E-state index is 0.637. The maximum atomic E-state index is 4.51. The van der Waals surface area contributed by atoms with E-state index in [1.54, 1.807) is 0 Å². The summed E-state index contributed by atoms with van der Waals surface area (Å²) in [5.74, 6) is 1.52. The van der Waals surface area contributed by atoms with Crippen molar-refractivity contribution < 1.29 is 0 Å². The van der Waals surface area contributed by atoms with Crippen molar-refractivity contribution in [2.75, 3.05) is 17.2 Å². The number of aromatic nitrogens is 2. The zero-order valence-corrected chi connectivity index (χ0v) is 13.1. The summed E-state index contributed by atoms with van der Waals surface area (Å²) in [7, 11) is 0. The van der Waals surface area contributed by atoms with Gasteiger partial charge in [-0.1, -0.05) is 32.4 Å². The first-order chi connectivity index (χ1) is 10.2. The summed E-state index contributed by atoms with van der Waals surface area (Å²) in [6, 6.07) is 10.3. The summed E-state index contributed by atoms with van der Waals surface area (Å²) in [5, 5.41) is 6.60. The Balaban J connectivity index is 2.07. The molecule has 0 bridgehead atoms. The summed E-state index contributed by atoms with van der Waals surface area (Å²) in [6.45, 7) is 7.26. The highest BCUT2D eigenvalue weighted by Gasteiger charge is 2.02. The van der Waals surface area contributed by atoms with Crippen molar-refractivity contribution in [2.24, 2.45) is 0 Å². The Morgan fingerprint density at radius 1 is 1.05 bits per heavy atom. The Labute approximate surface area is 127 Å². The van der Waals surface area contributed by atoms with Crippen molar-refractivity contribution in [1.29, 1.82) is 0 Å². The van der Waals surface area contributed by atoms with Crippen LogP contribution in [0.1, 0.15) is 37.9 Å². The van der Waals surface area contributed by atoms with E-state index in [1.807, 2.05) is 13.0 Å². The van der Waals surface area contributed by atoms with Gasteiger partial charge in [0.1, 0.15) is 5.82 Å². The Kier molecular flexibility index (Phi) is 5.55. The van der Waals surface area contributed by atoms with Crippen molar-refractivity contribution in [2.45, 2.75) is 40.0 Å². The smallest absolute Gasteiger partial charge is 0.229 e. The van der Waals surface area contributed by atoms with Gasteiger partial charge in [-0.2, -0.15) is 4.98 Å². The lowest BCUT2D eigenvalue weighted by atomic mass is 10.1. The fourth-order valence-electron chi connectivity index (χ4n) is 2.06. The van der Waals surface area contributed by atoms with E-state index in [2.05, 4.69) is 58.7 Å². The van der Waals surface area contributed by atoms with Crippen LogP contribution in [0.2, 0.25) is 0 Å². The molecule has 2 rings (SSSR count). The number of anilines is 3. The highest BCUT2D eigenvalue weighted by molar-refractivity contribution is 5.55. The van der Waals surface area contributed by atoms with Gasteiger partial charge in [0, 0.05) is 24.0 Å². The summed E-state index contributed by atoms with van der Waals surface area (Å²) >= 11 is 0. The third-order valence-corrected chi connectivity index (χ3v) is 3.31. The van der Waals surface area contributed by atoms with E-state index < -0.39 is 0 Å². The molecule has 4 nitrogen and oxygen atoms in total. The SMILES string of the molecule is CCCCNc1cc(C)nc(Nc2ccc(CC)cc2)n1. The summed E-state index contributed by atoms with van der Waals surface area (Å²) < 4.78 is 0. The molecular weight excluding hydrogens is 260 g/mol. The monoisotopic (exact) mass is 284 g/mol. The maximum Gasteiger partial charge on any atom is 0.229 e. The molecule has 0 aliphatic rings. The van der Waals surface area contributed by atoms with E-state index in [9.17, 15) is 0 Å². The number of rotatable bonds is 7. The maximum absolute atomic E-state index is 4.51. The Hall–Kier alpha value is -2.10. The van der Waals surface area contributed by atoms with Gasteiger partial charge in [0.25, 0.3) is 0 Å². The summed E-state index contributed by atoms with van der Waals surface area (Å²) in [6.07, 6.45) is 3.36. The predicted molar refractivity (Wildman–Crippen MR) is 89.3 cm³/mol. The highest BCUT2D eigenvalue weighted by atomic mass is 15.1. The number of aryl methyl sites for hydroxylation is 2. The Morgan fingerprint density at radius 3 is 2.48 bits per heavy atom. The van der Waals surface area contributed by atoms with Crippen LogP contribution in [-0.4, -0.2) is 16.5 Å². The molecule has 0 aliphatic carbocycles. The first kappa shape index (κ1) is 15.3. The van der Waals surface area contributed by atoms with Crippen LogP contribution in [0, 0.1) is 6.92 Å². The minimum Gasteiger partial charge on any atom is -0.370 e. The van der Waals surface area contributed by atoms with Crippen LogP contribution in [0.25, 0.3) is 0 Å².